The molecule has 0 saturated heterocycles. The average Bonchev–Trinajstić information content (AvgIpc) is 3.03. The number of aliphatic carboxylic acids is 1. The van der Waals surface area contributed by atoms with Gasteiger partial charge in [-0.05, 0) is 101 Å². The fourth-order valence-electron chi connectivity index (χ4n) is 8.31. The number of carboxylic acid groups (broad SMARTS) is 1. The lowest BCUT2D eigenvalue weighted by Crippen LogP contribution is -2.54. The number of hydrogen-bond donors (Lipinski definition) is 1. The van der Waals surface area contributed by atoms with Crippen LogP contribution in [0.2, 0.25) is 0 Å². The van der Waals surface area contributed by atoms with Crippen LogP contribution in [-0.2, 0) is 9.59 Å². The molecule has 0 aromatic heterocycles. The Kier molecular flexibility index (Phi) is 5.67. The number of rotatable bonds is 4. The van der Waals surface area contributed by atoms with E-state index in [1.165, 1.54) is 12.8 Å². The molecule has 4 aliphatic carbocycles. The molecule has 172 valence electrons. The summed E-state index contributed by atoms with van der Waals surface area (Å²) in [5, 5.41) is 9.45. The quantitative estimate of drug-likeness (QED) is 0.627. The van der Waals surface area contributed by atoms with Crippen LogP contribution < -0.4 is 0 Å². The second kappa shape index (κ2) is 7.78. The standard InChI is InChI=1S/C27H41NO3/c1-16(2)28(17(3)4)24(29)23-10-9-21-20-8-7-19-15-18(25(30)31)11-13-26(19,5)22(20)12-14-27(21,23)6/h11,13,15-17,19-23H,7-10,12,14H2,1-6H3,(H,30,31)/t19-,20-,21-,22-,23+,26-,27-/m0/s1. The molecule has 3 fully saturated rings. The molecule has 0 aliphatic heterocycles. The summed E-state index contributed by atoms with van der Waals surface area (Å²) in [4.78, 5) is 27.3. The Morgan fingerprint density at radius 3 is 2.29 bits per heavy atom. The molecular weight excluding hydrogens is 386 g/mol. The highest BCUT2D eigenvalue weighted by Gasteiger charge is 2.60. The Morgan fingerprint density at radius 1 is 1.00 bits per heavy atom. The van der Waals surface area contributed by atoms with Gasteiger partial charge in [-0.3, -0.25) is 4.79 Å². The van der Waals surface area contributed by atoms with Gasteiger partial charge in [0.1, 0.15) is 0 Å². The number of carbonyl (C=O) groups is 2. The molecule has 1 amide bonds. The number of fused-ring (bicyclic) bond motifs is 5. The Balaban J connectivity index is 1.58. The molecule has 0 unspecified atom stereocenters. The van der Waals surface area contributed by atoms with Gasteiger partial charge in [-0.25, -0.2) is 4.79 Å². The molecular formula is C27H41NO3. The zero-order chi connectivity index (χ0) is 22.7. The van der Waals surface area contributed by atoms with E-state index >= 15 is 0 Å². The number of amides is 1. The molecule has 31 heavy (non-hydrogen) atoms. The van der Waals surface area contributed by atoms with Gasteiger partial charge in [0.15, 0.2) is 0 Å². The van der Waals surface area contributed by atoms with E-state index in [2.05, 4.69) is 52.5 Å². The van der Waals surface area contributed by atoms with Crippen LogP contribution in [0.3, 0.4) is 0 Å². The Morgan fingerprint density at radius 2 is 1.68 bits per heavy atom. The van der Waals surface area contributed by atoms with Gasteiger partial charge in [0.2, 0.25) is 5.91 Å². The molecule has 0 aromatic carbocycles. The van der Waals surface area contributed by atoms with E-state index in [1.807, 2.05) is 12.2 Å². The van der Waals surface area contributed by atoms with Gasteiger partial charge < -0.3 is 10.0 Å². The normalized spacial score (nSPS) is 41.4. The van der Waals surface area contributed by atoms with Gasteiger partial charge >= 0.3 is 5.97 Å². The largest absolute Gasteiger partial charge is 0.478 e. The second-order valence-electron chi connectivity index (χ2n) is 11.8. The lowest BCUT2D eigenvalue weighted by Gasteiger charge is -2.58. The molecule has 0 heterocycles. The van der Waals surface area contributed by atoms with Crippen LogP contribution in [0.15, 0.2) is 23.8 Å². The molecule has 0 aromatic rings. The number of allylic oxidation sites excluding steroid dienone is 2. The Labute approximate surface area is 188 Å². The summed E-state index contributed by atoms with van der Waals surface area (Å²) in [6.45, 7) is 13.3. The van der Waals surface area contributed by atoms with Gasteiger partial charge in [0.05, 0.1) is 5.57 Å². The minimum absolute atomic E-state index is 0.0488. The van der Waals surface area contributed by atoms with Crippen LogP contribution >= 0.6 is 0 Å². The fourth-order valence-corrected chi connectivity index (χ4v) is 8.31. The first kappa shape index (κ1) is 22.6. The minimum Gasteiger partial charge on any atom is -0.478 e. The lowest BCUT2D eigenvalue weighted by molar-refractivity contribution is -0.147. The van der Waals surface area contributed by atoms with Crippen molar-refractivity contribution in [2.45, 2.75) is 92.2 Å². The highest BCUT2D eigenvalue weighted by Crippen LogP contribution is 2.66. The summed E-state index contributed by atoms with van der Waals surface area (Å²) < 4.78 is 0. The Bertz CT molecular complexity index is 803. The molecule has 4 nitrogen and oxygen atoms in total. The molecule has 3 saturated carbocycles. The SMILES string of the molecule is CC(C)N(C(=O)[C@H]1CC[C@H]2[C@@H]3CC[C@H]4C=C(C(=O)O)C=C[C@]4(C)[C@H]3CC[C@]12C)C(C)C. The summed E-state index contributed by atoms with van der Waals surface area (Å²) in [6.07, 6.45) is 12.8. The van der Waals surface area contributed by atoms with Crippen molar-refractivity contribution in [3.05, 3.63) is 23.8 Å². The third-order valence-corrected chi connectivity index (χ3v) is 9.76. The van der Waals surface area contributed by atoms with Crippen LogP contribution in [0, 0.1) is 40.4 Å². The van der Waals surface area contributed by atoms with E-state index in [9.17, 15) is 14.7 Å². The third kappa shape index (κ3) is 3.40. The molecule has 4 aliphatic rings. The summed E-state index contributed by atoms with van der Waals surface area (Å²) >= 11 is 0. The van der Waals surface area contributed by atoms with Gasteiger partial charge in [-0.15, -0.1) is 0 Å². The van der Waals surface area contributed by atoms with E-state index in [4.69, 9.17) is 0 Å². The maximum Gasteiger partial charge on any atom is 0.335 e. The van der Waals surface area contributed by atoms with Crippen LogP contribution in [0.4, 0.5) is 0 Å². The number of hydrogen-bond acceptors (Lipinski definition) is 2. The van der Waals surface area contributed by atoms with Crippen molar-refractivity contribution >= 4 is 11.9 Å². The van der Waals surface area contributed by atoms with Crippen LogP contribution in [0.25, 0.3) is 0 Å². The number of carboxylic acids is 1. The highest BCUT2D eigenvalue weighted by atomic mass is 16.4. The smallest absolute Gasteiger partial charge is 0.335 e. The molecule has 7 atom stereocenters. The second-order valence-corrected chi connectivity index (χ2v) is 11.8. The summed E-state index contributed by atoms with van der Waals surface area (Å²) in [7, 11) is 0. The van der Waals surface area contributed by atoms with E-state index in [1.54, 1.807) is 0 Å². The van der Waals surface area contributed by atoms with Gasteiger partial charge in [0, 0.05) is 18.0 Å². The topological polar surface area (TPSA) is 57.6 Å². The third-order valence-electron chi connectivity index (χ3n) is 9.76. The van der Waals surface area contributed by atoms with Gasteiger partial charge in [0.25, 0.3) is 0 Å². The first-order valence-corrected chi connectivity index (χ1v) is 12.5. The van der Waals surface area contributed by atoms with Crippen LogP contribution in [0.5, 0.6) is 0 Å². The highest BCUT2D eigenvalue weighted by molar-refractivity contribution is 5.90. The monoisotopic (exact) mass is 427 g/mol. The minimum atomic E-state index is -0.811. The molecule has 0 radical (unpaired) electrons. The van der Waals surface area contributed by atoms with E-state index in [0.29, 0.717) is 35.2 Å². The zero-order valence-electron chi connectivity index (χ0n) is 20.2. The van der Waals surface area contributed by atoms with Crippen molar-refractivity contribution in [1.29, 1.82) is 0 Å². The number of carbonyl (C=O) groups excluding carboxylic acids is 1. The predicted molar refractivity (Wildman–Crippen MR) is 123 cm³/mol. The Hall–Kier alpha value is -1.58. The van der Waals surface area contributed by atoms with E-state index in [0.717, 1.165) is 25.7 Å². The van der Waals surface area contributed by atoms with Crippen molar-refractivity contribution in [3.8, 4) is 0 Å². The number of nitrogens with zero attached hydrogens (tertiary/aromatic N) is 1. The van der Waals surface area contributed by atoms with Crippen LogP contribution in [-0.4, -0.2) is 34.0 Å². The van der Waals surface area contributed by atoms with Crippen molar-refractivity contribution < 1.29 is 14.7 Å². The van der Waals surface area contributed by atoms with Crippen molar-refractivity contribution in [2.24, 2.45) is 40.4 Å². The van der Waals surface area contributed by atoms with Gasteiger partial charge in [-0.2, -0.15) is 0 Å². The molecule has 0 spiro atoms. The zero-order valence-corrected chi connectivity index (χ0v) is 20.2. The van der Waals surface area contributed by atoms with E-state index < -0.39 is 5.97 Å². The first-order chi connectivity index (χ1) is 14.5. The maximum atomic E-state index is 13.7. The first-order valence-electron chi connectivity index (χ1n) is 12.5. The van der Waals surface area contributed by atoms with E-state index in [-0.39, 0.29) is 28.8 Å². The molecule has 4 rings (SSSR count). The molecule has 1 N–H and O–H groups in total. The fraction of sp³-hybridized carbons (Fsp3) is 0.778. The summed E-state index contributed by atoms with van der Waals surface area (Å²) in [6, 6.07) is 0.479. The average molecular weight is 428 g/mol. The van der Waals surface area contributed by atoms with Crippen LogP contribution in [0.1, 0.15) is 80.1 Å². The van der Waals surface area contributed by atoms with Crippen molar-refractivity contribution in [3.63, 3.8) is 0 Å². The van der Waals surface area contributed by atoms with Crippen molar-refractivity contribution in [2.75, 3.05) is 0 Å². The molecule has 0 bridgehead atoms. The van der Waals surface area contributed by atoms with Crippen molar-refractivity contribution in [1.82, 2.24) is 4.90 Å². The summed E-state index contributed by atoms with van der Waals surface area (Å²) in [5.41, 5.74) is 0.604. The summed E-state index contributed by atoms with van der Waals surface area (Å²) in [5.74, 6) is 1.88. The molecule has 4 heteroatoms. The van der Waals surface area contributed by atoms with Gasteiger partial charge in [-0.1, -0.05) is 32.1 Å². The predicted octanol–water partition coefficient (Wildman–Crippen LogP) is 5.69. The maximum absolute atomic E-state index is 13.7. The lowest BCUT2D eigenvalue weighted by atomic mass is 9.46.